The van der Waals surface area contributed by atoms with Crippen molar-refractivity contribution in [3.63, 3.8) is 0 Å². The number of para-hydroxylation sites is 2. The van der Waals surface area contributed by atoms with E-state index in [-0.39, 0.29) is 29.6 Å². The molecular weight excluding hydrogens is 311 g/mol. The number of nitrogens with zero attached hydrogens (tertiary/aromatic N) is 1. The van der Waals surface area contributed by atoms with E-state index in [1.165, 1.54) is 4.90 Å². The van der Waals surface area contributed by atoms with Gasteiger partial charge in [0.1, 0.15) is 0 Å². The molecule has 0 saturated carbocycles. The third kappa shape index (κ3) is 3.29. The molecule has 2 aromatic carbocycles. The SMILES string of the molecule is Nc1ccccc1N(CCO)C(=O)c1cccc(Cl)c1Cl. The van der Waals surface area contributed by atoms with Crippen LogP contribution in [0.1, 0.15) is 10.4 Å². The zero-order chi connectivity index (χ0) is 15.4. The minimum Gasteiger partial charge on any atom is -0.397 e. The molecule has 0 bridgehead atoms. The number of amides is 1. The van der Waals surface area contributed by atoms with Gasteiger partial charge in [-0.15, -0.1) is 0 Å². The average Bonchev–Trinajstić information content (AvgIpc) is 2.48. The summed E-state index contributed by atoms with van der Waals surface area (Å²) in [5, 5.41) is 9.70. The van der Waals surface area contributed by atoms with Crippen molar-refractivity contribution in [2.45, 2.75) is 0 Å². The summed E-state index contributed by atoms with van der Waals surface area (Å²) >= 11 is 12.0. The average molecular weight is 325 g/mol. The Morgan fingerprint density at radius 3 is 2.52 bits per heavy atom. The number of nitrogens with two attached hydrogens (primary N) is 1. The highest BCUT2D eigenvalue weighted by Gasteiger charge is 2.22. The molecule has 0 aliphatic carbocycles. The molecule has 110 valence electrons. The molecule has 21 heavy (non-hydrogen) atoms. The quantitative estimate of drug-likeness (QED) is 0.848. The number of carbonyl (C=O) groups is 1. The Morgan fingerprint density at radius 2 is 1.86 bits per heavy atom. The molecule has 0 aromatic heterocycles. The zero-order valence-electron chi connectivity index (χ0n) is 11.1. The molecule has 0 spiro atoms. The van der Waals surface area contributed by atoms with Crippen molar-refractivity contribution in [3.8, 4) is 0 Å². The summed E-state index contributed by atoms with van der Waals surface area (Å²) < 4.78 is 0. The molecule has 0 saturated heterocycles. The second-order valence-corrected chi connectivity index (χ2v) is 5.13. The van der Waals surface area contributed by atoms with Crippen LogP contribution in [0.4, 0.5) is 11.4 Å². The third-order valence-electron chi connectivity index (χ3n) is 2.98. The smallest absolute Gasteiger partial charge is 0.259 e. The standard InChI is InChI=1S/C15H14Cl2N2O2/c16-11-5-3-4-10(14(11)17)15(21)19(8-9-20)13-7-2-1-6-12(13)18/h1-7,20H,8-9,18H2. The lowest BCUT2D eigenvalue weighted by Crippen LogP contribution is -2.34. The highest BCUT2D eigenvalue weighted by molar-refractivity contribution is 6.44. The van der Waals surface area contributed by atoms with E-state index < -0.39 is 0 Å². The van der Waals surface area contributed by atoms with Gasteiger partial charge in [0, 0.05) is 6.54 Å². The Labute approximate surface area is 132 Å². The monoisotopic (exact) mass is 324 g/mol. The van der Waals surface area contributed by atoms with E-state index in [1.54, 1.807) is 42.5 Å². The molecule has 0 heterocycles. The summed E-state index contributed by atoms with van der Waals surface area (Å²) in [4.78, 5) is 14.1. The fourth-order valence-electron chi connectivity index (χ4n) is 1.98. The van der Waals surface area contributed by atoms with E-state index in [0.717, 1.165) is 0 Å². The van der Waals surface area contributed by atoms with Gasteiger partial charge in [-0.05, 0) is 24.3 Å². The molecule has 0 unspecified atom stereocenters. The Kier molecular flexibility index (Phi) is 5.07. The van der Waals surface area contributed by atoms with Gasteiger partial charge in [0.2, 0.25) is 0 Å². The summed E-state index contributed by atoms with van der Waals surface area (Å²) in [5.74, 6) is -0.366. The maximum atomic E-state index is 12.7. The second kappa shape index (κ2) is 6.80. The molecule has 6 heteroatoms. The van der Waals surface area contributed by atoms with Gasteiger partial charge in [-0.1, -0.05) is 41.4 Å². The molecule has 1 amide bonds. The first-order chi connectivity index (χ1) is 10.1. The Bertz CT molecular complexity index is 662. The molecule has 0 atom stereocenters. The van der Waals surface area contributed by atoms with Crippen molar-refractivity contribution >= 4 is 40.5 Å². The highest BCUT2D eigenvalue weighted by Crippen LogP contribution is 2.29. The van der Waals surface area contributed by atoms with E-state index in [1.807, 2.05) is 0 Å². The maximum absolute atomic E-state index is 12.7. The van der Waals surface area contributed by atoms with Gasteiger partial charge in [0.05, 0.1) is 33.6 Å². The molecule has 2 aromatic rings. The lowest BCUT2D eigenvalue weighted by molar-refractivity contribution is 0.0981. The summed E-state index contributed by atoms with van der Waals surface area (Å²) in [5.41, 5.74) is 7.13. The summed E-state index contributed by atoms with van der Waals surface area (Å²) in [6, 6.07) is 11.8. The summed E-state index contributed by atoms with van der Waals surface area (Å²) in [7, 11) is 0. The normalized spacial score (nSPS) is 10.4. The second-order valence-electron chi connectivity index (χ2n) is 4.34. The van der Waals surface area contributed by atoms with Crippen LogP contribution in [0.5, 0.6) is 0 Å². The van der Waals surface area contributed by atoms with Crippen LogP contribution in [0.15, 0.2) is 42.5 Å². The minimum absolute atomic E-state index is 0.107. The maximum Gasteiger partial charge on any atom is 0.259 e. The first-order valence-corrected chi connectivity index (χ1v) is 7.03. The molecule has 0 radical (unpaired) electrons. The van der Waals surface area contributed by atoms with Crippen molar-refractivity contribution in [2.75, 3.05) is 23.8 Å². The van der Waals surface area contributed by atoms with Gasteiger partial charge >= 0.3 is 0 Å². The molecule has 4 nitrogen and oxygen atoms in total. The van der Waals surface area contributed by atoms with Gasteiger partial charge < -0.3 is 15.7 Å². The number of carbonyl (C=O) groups excluding carboxylic acids is 1. The largest absolute Gasteiger partial charge is 0.397 e. The fraction of sp³-hybridized carbons (Fsp3) is 0.133. The molecule has 3 N–H and O–H groups in total. The fourth-order valence-corrected chi connectivity index (χ4v) is 2.36. The van der Waals surface area contributed by atoms with Crippen LogP contribution in [-0.2, 0) is 0 Å². The minimum atomic E-state index is -0.366. The molecular formula is C15H14Cl2N2O2. The number of anilines is 2. The van der Waals surface area contributed by atoms with Crippen molar-refractivity contribution in [3.05, 3.63) is 58.1 Å². The van der Waals surface area contributed by atoms with Crippen LogP contribution in [0, 0.1) is 0 Å². The van der Waals surface area contributed by atoms with E-state index >= 15 is 0 Å². The molecule has 0 aliphatic rings. The number of hydrogen-bond acceptors (Lipinski definition) is 3. The zero-order valence-corrected chi connectivity index (χ0v) is 12.6. The van der Waals surface area contributed by atoms with Crippen LogP contribution < -0.4 is 10.6 Å². The van der Waals surface area contributed by atoms with Crippen LogP contribution in [0.25, 0.3) is 0 Å². The number of aliphatic hydroxyl groups excluding tert-OH is 1. The van der Waals surface area contributed by atoms with Crippen molar-refractivity contribution in [2.24, 2.45) is 0 Å². The predicted octanol–water partition coefficient (Wildman–Crippen LogP) is 3.21. The highest BCUT2D eigenvalue weighted by atomic mass is 35.5. The van der Waals surface area contributed by atoms with Crippen molar-refractivity contribution in [1.82, 2.24) is 0 Å². The van der Waals surface area contributed by atoms with Gasteiger partial charge in [-0.25, -0.2) is 0 Å². The first-order valence-electron chi connectivity index (χ1n) is 6.27. The lowest BCUT2D eigenvalue weighted by atomic mass is 10.1. The number of nitrogen functional groups attached to an aromatic ring is 1. The predicted molar refractivity (Wildman–Crippen MR) is 86.1 cm³/mol. The van der Waals surface area contributed by atoms with E-state index in [0.29, 0.717) is 16.4 Å². The third-order valence-corrected chi connectivity index (χ3v) is 3.80. The van der Waals surface area contributed by atoms with Crippen LogP contribution in [0.3, 0.4) is 0 Å². The number of rotatable bonds is 4. The molecule has 0 aliphatic heterocycles. The number of halogens is 2. The van der Waals surface area contributed by atoms with Crippen molar-refractivity contribution < 1.29 is 9.90 Å². The van der Waals surface area contributed by atoms with E-state index in [2.05, 4.69) is 0 Å². The van der Waals surface area contributed by atoms with Crippen molar-refractivity contribution in [1.29, 1.82) is 0 Å². The number of benzene rings is 2. The Balaban J connectivity index is 2.46. The van der Waals surface area contributed by atoms with E-state index in [4.69, 9.17) is 28.9 Å². The summed E-state index contributed by atoms with van der Waals surface area (Å²) in [6.45, 7) is -0.0891. The first kappa shape index (κ1) is 15.6. The molecule has 0 fully saturated rings. The number of aliphatic hydroxyl groups is 1. The lowest BCUT2D eigenvalue weighted by Gasteiger charge is -2.24. The van der Waals surface area contributed by atoms with Gasteiger partial charge in [0.25, 0.3) is 5.91 Å². The Morgan fingerprint density at radius 1 is 1.14 bits per heavy atom. The summed E-state index contributed by atoms with van der Waals surface area (Å²) in [6.07, 6.45) is 0. The van der Waals surface area contributed by atoms with E-state index in [9.17, 15) is 9.90 Å². The van der Waals surface area contributed by atoms with Crippen LogP contribution >= 0.6 is 23.2 Å². The molecule has 2 rings (SSSR count). The van der Waals surface area contributed by atoms with Gasteiger partial charge in [-0.2, -0.15) is 0 Å². The van der Waals surface area contributed by atoms with Crippen LogP contribution in [0.2, 0.25) is 10.0 Å². The number of hydrogen-bond donors (Lipinski definition) is 2. The van der Waals surface area contributed by atoms with Gasteiger partial charge in [0.15, 0.2) is 0 Å². The van der Waals surface area contributed by atoms with Crippen LogP contribution in [-0.4, -0.2) is 24.2 Å². The topological polar surface area (TPSA) is 66.6 Å². The Hall–Kier alpha value is -1.75. The van der Waals surface area contributed by atoms with Gasteiger partial charge in [-0.3, -0.25) is 4.79 Å².